The van der Waals surface area contributed by atoms with Crippen molar-refractivity contribution in [3.63, 3.8) is 0 Å². The van der Waals surface area contributed by atoms with Gasteiger partial charge in [0.15, 0.2) is 0 Å². The van der Waals surface area contributed by atoms with Crippen LogP contribution >= 0.6 is 0 Å². The van der Waals surface area contributed by atoms with Crippen LogP contribution in [0.25, 0.3) is 0 Å². The molecule has 0 radical (unpaired) electrons. The zero-order valence-corrected chi connectivity index (χ0v) is 11.7. The third kappa shape index (κ3) is 3.72. The van der Waals surface area contributed by atoms with Gasteiger partial charge in [-0.25, -0.2) is 13.2 Å². The summed E-state index contributed by atoms with van der Waals surface area (Å²) in [5, 5.41) is 21.8. The minimum Gasteiger partial charge on any atom is -0.508 e. The monoisotopic (exact) mass is 312 g/mol. The maximum atomic E-state index is 12.0. The maximum absolute atomic E-state index is 12.0. The summed E-state index contributed by atoms with van der Waals surface area (Å²) in [5.41, 5.74) is -0.286. The van der Waals surface area contributed by atoms with Crippen LogP contribution in [0.1, 0.15) is 21.8 Å². The molecule has 21 heavy (non-hydrogen) atoms. The Morgan fingerprint density at radius 3 is 2.67 bits per heavy atom. The van der Waals surface area contributed by atoms with Crippen LogP contribution in [0.4, 0.5) is 5.69 Å². The summed E-state index contributed by atoms with van der Waals surface area (Å²) in [6.07, 6.45) is 0. The molecule has 0 atom stereocenters. The number of anilines is 1. The quantitative estimate of drug-likeness (QED) is 0.710. The lowest BCUT2D eigenvalue weighted by atomic mass is 10.2. The number of nitrogens with one attached hydrogen (secondary N) is 1. The fourth-order valence-corrected chi connectivity index (χ4v) is 2.79. The number of aryl methyl sites for hydroxylation is 1. The number of benzene rings is 1. The van der Waals surface area contributed by atoms with Crippen molar-refractivity contribution in [1.29, 1.82) is 0 Å². The van der Waals surface area contributed by atoms with E-state index in [1.807, 2.05) is 0 Å². The summed E-state index contributed by atoms with van der Waals surface area (Å²) < 4.78 is 30.9. The van der Waals surface area contributed by atoms with Crippen molar-refractivity contribution in [2.45, 2.75) is 12.7 Å². The van der Waals surface area contributed by atoms with Gasteiger partial charge in [-0.3, -0.25) is 4.72 Å². The lowest BCUT2D eigenvalue weighted by Gasteiger charge is -2.09. The normalized spacial score (nSPS) is 11.3. The molecular weight excluding hydrogens is 300 g/mol. The predicted octanol–water partition coefficient (Wildman–Crippen LogP) is 1.33. The molecule has 0 fully saturated rings. The second kappa shape index (κ2) is 5.44. The summed E-state index contributed by atoms with van der Waals surface area (Å²) in [4.78, 5) is 11.0. The van der Waals surface area contributed by atoms with Crippen LogP contribution < -0.4 is 4.72 Å². The summed E-state index contributed by atoms with van der Waals surface area (Å²) in [6, 6.07) is 4.78. The first kappa shape index (κ1) is 14.9. The molecule has 9 heteroatoms. The van der Waals surface area contributed by atoms with Crippen molar-refractivity contribution >= 4 is 21.7 Å². The molecule has 0 aliphatic carbocycles. The number of carbonyl (C=O) groups is 1. The molecule has 1 heterocycles. The first-order valence-corrected chi connectivity index (χ1v) is 7.41. The number of hydrogen-bond donors (Lipinski definition) is 3. The SMILES string of the molecule is Cc1cc(CS(=O)(=O)Nc2ccc(O)cc2C(=O)O)no1. The van der Waals surface area contributed by atoms with Crippen LogP contribution in [-0.2, 0) is 15.8 Å². The van der Waals surface area contributed by atoms with Crippen LogP contribution in [0.5, 0.6) is 5.75 Å². The predicted molar refractivity (Wildman–Crippen MR) is 72.6 cm³/mol. The molecule has 2 rings (SSSR count). The van der Waals surface area contributed by atoms with Crippen molar-refractivity contribution in [3.8, 4) is 5.75 Å². The number of carboxylic acids is 1. The largest absolute Gasteiger partial charge is 0.508 e. The highest BCUT2D eigenvalue weighted by molar-refractivity contribution is 7.91. The molecular formula is C12H12N2O6S. The van der Waals surface area contributed by atoms with Gasteiger partial charge in [-0.05, 0) is 25.1 Å². The standard InChI is InChI=1S/C12H12N2O6S/c1-7-4-8(13-20-7)6-21(18,19)14-11-3-2-9(15)5-10(11)12(16)17/h2-5,14-15H,6H2,1H3,(H,16,17). The molecule has 112 valence electrons. The number of carboxylic acid groups (broad SMARTS) is 1. The van der Waals surface area contributed by atoms with Gasteiger partial charge in [-0.15, -0.1) is 0 Å². The molecule has 0 bridgehead atoms. The second-order valence-electron chi connectivity index (χ2n) is 4.33. The van der Waals surface area contributed by atoms with E-state index in [9.17, 15) is 18.3 Å². The van der Waals surface area contributed by atoms with Gasteiger partial charge in [0.05, 0.1) is 11.3 Å². The van der Waals surface area contributed by atoms with E-state index >= 15 is 0 Å². The Balaban J connectivity index is 2.26. The van der Waals surface area contributed by atoms with Gasteiger partial charge in [-0.2, -0.15) is 0 Å². The number of sulfonamides is 1. The molecule has 0 aliphatic heterocycles. The van der Waals surface area contributed by atoms with Crippen molar-refractivity contribution in [1.82, 2.24) is 5.16 Å². The van der Waals surface area contributed by atoms with Crippen LogP contribution in [0.15, 0.2) is 28.8 Å². The highest BCUT2D eigenvalue weighted by atomic mass is 32.2. The van der Waals surface area contributed by atoms with Gasteiger partial charge in [0, 0.05) is 6.07 Å². The Kier molecular flexibility index (Phi) is 3.85. The number of aromatic hydroxyl groups is 1. The highest BCUT2D eigenvalue weighted by Gasteiger charge is 2.19. The topological polar surface area (TPSA) is 130 Å². The van der Waals surface area contributed by atoms with Gasteiger partial charge in [-0.1, -0.05) is 5.16 Å². The molecule has 3 N–H and O–H groups in total. The number of nitrogens with zero attached hydrogens (tertiary/aromatic N) is 1. The molecule has 0 saturated heterocycles. The Bertz CT molecular complexity index is 781. The van der Waals surface area contributed by atoms with Gasteiger partial charge >= 0.3 is 5.97 Å². The van der Waals surface area contributed by atoms with Crippen LogP contribution in [-0.4, -0.2) is 29.8 Å². The van der Waals surface area contributed by atoms with E-state index in [1.54, 1.807) is 6.92 Å². The number of phenolic OH excluding ortho intramolecular Hbond substituents is 1. The lowest BCUT2D eigenvalue weighted by Crippen LogP contribution is -2.17. The average Bonchev–Trinajstić information content (AvgIpc) is 2.75. The van der Waals surface area contributed by atoms with E-state index < -0.39 is 21.7 Å². The third-order valence-corrected chi connectivity index (χ3v) is 3.72. The van der Waals surface area contributed by atoms with Crippen LogP contribution in [0.3, 0.4) is 0 Å². The van der Waals surface area contributed by atoms with E-state index in [2.05, 4.69) is 9.88 Å². The van der Waals surface area contributed by atoms with Crippen LogP contribution in [0.2, 0.25) is 0 Å². The number of aromatic nitrogens is 1. The van der Waals surface area contributed by atoms with E-state index in [1.165, 1.54) is 18.2 Å². The first-order chi connectivity index (χ1) is 9.77. The zero-order chi connectivity index (χ0) is 15.6. The Morgan fingerprint density at radius 1 is 1.38 bits per heavy atom. The summed E-state index contributed by atoms with van der Waals surface area (Å²) in [5.74, 6) is -1.62. The van der Waals surface area contributed by atoms with Crippen molar-refractivity contribution in [3.05, 3.63) is 41.3 Å². The van der Waals surface area contributed by atoms with Crippen LogP contribution in [0, 0.1) is 6.92 Å². The number of aromatic carboxylic acids is 1. The van der Waals surface area contributed by atoms with Gasteiger partial charge in [0.1, 0.15) is 23.0 Å². The maximum Gasteiger partial charge on any atom is 0.337 e. The van der Waals surface area contributed by atoms with Gasteiger partial charge in [0.25, 0.3) is 0 Å². The second-order valence-corrected chi connectivity index (χ2v) is 6.05. The van der Waals surface area contributed by atoms with E-state index in [4.69, 9.17) is 9.63 Å². The highest BCUT2D eigenvalue weighted by Crippen LogP contribution is 2.23. The number of rotatable bonds is 5. The first-order valence-electron chi connectivity index (χ1n) is 5.76. The van der Waals surface area contributed by atoms with Crippen molar-refractivity contribution < 1.29 is 27.9 Å². The van der Waals surface area contributed by atoms with Crippen molar-refractivity contribution in [2.75, 3.05) is 4.72 Å². The molecule has 1 aromatic heterocycles. The van der Waals surface area contributed by atoms with E-state index in [0.29, 0.717) is 5.76 Å². The van der Waals surface area contributed by atoms with E-state index in [-0.39, 0.29) is 22.7 Å². The minimum absolute atomic E-state index is 0.138. The molecule has 0 unspecified atom stereocenters. The van der Waals surface area contributed by atoms with Gasteiger partial charge in [0.2, 0.25) is 10.0 Å². The molecule has 0 spiro atoms. The fraction of sp³-hybridized carbons (Fsp3) is 0.167. The smallest absolute Gasteiger partial charge is 0.337 e. The van der Waals surface area contributed by atoms with Gasteiger partial charge < -0.3 is 14.7 Å². The molecule has 8 nitrogen and oxygen atoms in total. The Labute approximate surface area is 120 Å². The van der Waals surface area contributed by atoms with Crippen molar-refractivity contribution in [2.24, 2.45) is 0 Å². The summed E-state index contributed by atoms with van der Waals surface area (Å²) in [7, 11) is -3.86. The molecule has 0 saturated carbocycles. The Hall–Kier alpha value is -2.55. The summed E-state index contributed by atoms with van der Waals surface area (Å²) >= 11 is 0. The minimum atomic E-state index is -3.86. The summed E-state index contributed by atoms with van der Waals surface area (Å²) in [6.45, 7) is 1.62. The fourth-order valence-electron chi connectivity index (χ4n) is 1.68. The molecule has 1 aromatic carbocycles. The zero-order valence-electron chi connectivity index (χ0n) is 10.9. The van der Waals surface area contributed by atoms with E-state index in [0.717, 1.165) is 6.07 Å². The number of phenols is 1. The molecule has 0 amide bonds. The molecule has 2 aromatic rings. The third-order valence-electron chi connectivity index (χ3n) is 2.51. The average molecular weight is 312 g/mol. The lowest BCUT2D eigenvalue weighted by molar-refractivity contribution is 0.0697. The Morgan fingerprint density at radius 2 is 2.10 bits per heavy atom. The number of hydrogen-bond acceptors (Lipinski definition) is 6. The molecule has 0 aliphatic rings.